The van der Waals surface area contributed by atoms with Gasteiger partial charge in [-0.1, -0.05) is 19.4 Å². The van der Waals surface area contributed by atoms with Gasteiger partial charge in [-0.15, -0.1) is 0 Å². The van der Waals surface area contributed by atoms with Gasteiger partial charge in [0.2, 0.25) is 0 Å². The first kappa shape index (κ1) is 19.2. The number of rotatable bonds is 11. The molecule has 1 aliphatic rings. The van der Waals surface area contributed by atoms with Gasteiger partial charge < -0.3 is 10.5 Å². The highest BCUT2D eigenvalue weighted by atomic mass is 32.2. The fourth-order valence-corrected chi connectivity index (χ4v) is 4.40. The number of sulfone groups is 1. The predicted molar refractivity (Wildman–Crippen MR) is 94.6 cm³/mol. The van der Waals surface area contributed by atoms with E-state index in [1.807, 2.05) is 6.92 Å². The minimum absolute atomic E-state index is 0.0727. The summed E-state index contributed by atoms with van der Waals surface area (Å²) in [6, 6.07) is 4.65. The fraction of sp³-hybridized carbons (Fsp3) is 0.667. The molecule has 0 bridgehead atoms. The van der Waals surface area contributed by atoms with Crippen molar-refractivity contribution in [3.05, 3.63) is 29.6 Å². The highest BCUT2D eigenvalue weighted by Gasteiger charge is 2.23. The molecule has 1 atom stereocenters. The van der Waals surface area contributed by atoms with Crippen LogP contribution in [0.1, 0.15) is 50.5 Å². The van der Waals surface area contributed by atoms with Crippen LogP contribution in [0.5, 0.6) is 5.75 Å². The summed E-state index contributed by atoms with van der Waals surface area (Å²) in [6.07, 6.45) is 4.61. The first-order valence-electron chi connectivity index (χ1n) is 8.74. The van der Waals surface area contributed by atoms with Gasteiger partial charge >= 0.3 is 0 Å². The Labute approximate surface area is 144 Å². The van der Waals surface area contributed by atoms with Gasteiger partial charge in [-0.3, -0.25) is 0 Å². The van der Waals surface area contributed by atoms with Gasteiger partial charge in [0, 0.05) is 0 Å². The Morgan fingerprint density at radius 1 is 1.29 bits per heavy atom. The summed E-state index contributed by atoms with van der Waals surface area (Å²) in [5, 5.41) is 0. The Hall–Kier alpha value is -1.14. The molecular formula is C18H28FNO3S. The highest BCUT2D eigenvalue weighted by Crippen LogP contribution is 2.31. The van der Waals surface area contributed by atoms with E-state index in [9.17, 15) is 12.8 Å². The van der Waals surface area contributed by atoms with Gasteiger partial charge in [-0.2, -0.15) is 0 Å². The molecule has 0 amide bonds. The van der Waals surface area contributed by atoms with Crippen LogP contribution in [0.25, 0.3) is 0 Å². The summed E-state index contributed by atoms with van der Waals surface area (Å²) in [6.45, 7) is 2.99. The van der Waals surface area contributed by atoms with Crippen LogP contribution in [0.3, 0.4) is 0 Å². The SMILES string of the molecule is C[C@H](CS(=O)(=O)CCCCCN)c1ccc(F)c(OCC2CC2)c1. The predicted octanol–water partition coefficient (Wildman–Crippen LogP) is 3.26. The highest BCUT2D eigenvalue weighted by molar-refractivity contribution is 7.91. The lowest BCUT2D eigenvalue weighted by molar-refractivity contribution is 0.285. The van der Waals surface area contributed by atoms with Gasteiger partial charge in [0.1, 0.15) is 0 Å². The smallest absolute Gasteiger partial charge is 0.165 e. The maximum Gasteiger partial charge on any atom is 0.165 e. The summed E-state index contributed by atoms with van der Waals surface area (Å²) in [5.41, 5.74) is 6.22. The maximum absolute atomic E-state index is 13.8. The second-order valence-corrected chi connectivity index (χ2v) is 9.04. The van der Waals surface area contributed by atoms with E-state index in [-0.39, 0.29) is 23.2 Å². The van der Waals surface area contributed by atoms with Crippen molar-refractivity contribution in [1.29, 1.82) is 0 Å². The largest absolute Gasteiger partial charge is 0.490 e. The maximum atomic E-state index is 13.8. The summed E-state index contributed by atoms with van der Waals surface area (Å²) < 4.78 is 43.8. The molecule has 0 radical (unpaired) electrons. The zero-order valence-corrected chi connectivity index (χ0v) is 15.2. The summed E-state index contributed by atoms with van der Waals surface area (Å²) in [7, 11) is -3.12. The molecule has 0 unspecified atom stereocenters. The van der Waals surface area contributed by atoms with Crippen molar-refractivity contribution in [2.75, 3.05) is 24.7 Å². The van der Waals surface area contributed by atoms with E-state index in [4.69, 9.17) is 10.5 Å². The first-order valence-corrected chi connectivity index (χ1v) is 10.6. The fourth-order valence-electron chi connectivity index (χ4n) is 2.63. The summed E-state index contributed by atoms with van der Waals surface area (Å²) >= 11 is 0. The monoisotopic (exact) mass is 357 g/mol. The minimum Gasteiger partial charge on any atom is -0.490 e. The van der Waals surface area contributed by atoms with Crippen LogP contribution in [0, 0.1) is 11.7 Å². The van der Waals surface area contributed by atoms with Crippen LogP contribution in [-0.4, -0.2) is 33.1 Å². The van der Waals surface area contributed by atoms with E-state index in [1.165, 1.54) is 6.07 Å². The Kier molecular flexibility index (Phi) is 7.04. The lowest BCUT2D eigenvalue weighted by atomic mass is 10.0. The Morgan fingerprint density at radius 3 is 2.71 bits per heavy atom. The van der Waals surface area contributed by atoms with Gasteiger partial charge in [0.25, 0.3) is 0 Å². The van der Waals surface area contributed by atoms with Crippen molar-refractivity contribution >= 4 is 9.84 Å². The van der Waals surface area contributed by atoms with E-state index < -0.39 is 15.7 Å². The van der Waals surface area contributed by atoms with E-state index in [2.05, 4.69) is 0 Å². The molecule has 1 aromatic rings. The van der Waals surface area contributed by atoms with Crippen molar-refractivity contribution in [2.45, 2.75) is 44.9 Å². The van der Waals surface area contributed by atoms with Crippen LogP contribution in [0.2, 0.25) is 0 Å². The van der Waals surface area contributed by atoms with Gasteiger partial charge in [0.05, 0.1) is 18.1 Å². The molecule has 1 saturated carbocycles. The standard InChI is InChI=1S/C18H28FNO3S/c1-14(13-24(21,22)10-4-2-3-9-20)16-7-8-17(19)18(11-16)23-12-15-5-6-15/h7-8,11,14-15H,2-6,9-10,12-13,20H2,1H3/t14-/m1/s1. The normalized spacial score (nSPS) is 16.1. The zero-order valence-electron chi connectivity index (χ0n) is 14.3. The first-order chi connectivity index (χ1) is 11.4. The van der Waals surface area contributed by atoms with E-state index in [0.29, 0.717) is 25.5 Å². The number of benzene rings is 1. The second kappa shape index (κ2) is 8.81. The lowest BCUT2D eigenvalue weighted by Crippen LogP contribution is -2.16. The number of hydrogen-bond acceptors (Lipinski definition) is 4. The summed E-state index contributed by atoms with van der Waals surface area (Å²) in [5.74, 6) is 0.447. The molecule has 2 N–H and O–H groups in total. The minimum atomic E-state index is -3.12. The molecule has 0 spiro atoms. The van der Waals surface area contributed by atoms with Gasteiger partial charge in [-0.25, -0.2) is 12.8 Å². The molecule has 6 heteroatoms. The molecule has 24 heavy (non-hydrogen) atoms. The average Bonchev–Trinajstić information content (AvgIpc) is 3.34. The number of ether oxygens (including phenoxy) is 1. The average molecular weight is 357 g/mol. The number of nitrogens with two attached hydrogens (primary N) is 1. The molecule has 1 fully saturated rings. The summed E-state index contributed by atoms with van der Waals surface area (Å²) in [4.78, 5) is 0. The second-order valence-electron chi connectivity index (χ2n) is 6.81. The molecule has 1 aliphatic carbocycles. The van der Waals surface area contributed by atoms with Gasteiger partial charge in [0.15, 0.2) is 21.4 Å². The molecular weight excluding hydrogens is 329 g/mol. The van der Waals surface area contributed by atoms with Crippen LogP contribution in [0.15, 0.2) is 18.2 Å². The number of unbranched alkanes of at least 4 members (excludes halogenated alkanes) is 2. The zero-order chi connectivity index (χ0) is 17.6. The van der Waals surface area contributed by atoms with E-state index >= 15 is 0 Å². The molecule has 4 nitrogen and oxygen atoms in total. The van der Waals surface area contributed by atoms with Crippen LogP contribution in [0.4, 0.5) is 4.39 Å². The molecule has 0 heterocycles. The molecule has 1 aromatic carbocycles. The molecule has 0 saturated heterocycles. The third-order valence-electron chi connectivity index (χ3n) is 4.36. The van der Waals surface area contributed by atoms with Crippen molar-refractivity contribution < 1.29 is 17.5 Å². The molecule has 0 aromatic heterocycles. The molecule has 2 rings (SSSR count). The Bertz CT molecular complexity index is 629. The third kappa shape index (κ3) is 6.40. The van der Waals surface area contributed by atoms with E-state index in [0.717, 1.165) is 31.2 Å². The lowest BCUT2D eigenvalue weighted by Gasteiger charge is -2.15. The van der Waals surface area contributed by atoms with Crippen LogP contribution >= 0.6 is 0 Å². The van der Waals surface area contributed by atoms with Crippen molar-refractivity contribution in [2.24, 2.45) is 11.7 Å². The Balaban J connectivity index is 1.92. The van der Waals surface area contributed by atoms with Crippen molar-refractivity contribution in [1.82, 2.24) is 0 Å². The van der Waals surface area contributed by atoms with Crippen molar-refractivity contribution in [3.63, 3.8) is 0 Å². The van der Waals surface area contributed by atoms with Crippen LogP contribution in [-0.2, 0) is 9.84 Å². The number of hydrogen-bond donors (Lipinski definition) is 1. The third-order valence-corrected chi connectivity index (χ3v) is 6.28. The van der Waals surface area contributed by atoms with Gasteiger partial charge in [-0.05, 0) is 61.8 Å². The van der Waals surface area contributed by atoms with E-state index in [1.54, 1.807) is 12.1 Å². The number of halogens is 1. The van der Waals surface area contributed by atoms with Crippen molar-refractivity contribution in [3.8, 4) is 5.75 Å². The quantitative estimate of drug-likeness (QED) is 0.617. The van der Waals surface area contributed by atoms with Crippen LogP contribution < -0.4 is 10.5 Å². The Morgan fingerprint density at radius 2 is 2.04 bits per heavy atom. The molecule has 0 aliphatic heterocycles. The topological polar surface area (TPSA) is 69.4 Å². The molecule has 136 valence electrons.